The van der Waals surface area contributed by atoms with E-state index in [0.29, 0.717) is 12.2 Å². The van der Waals surface area contributed by atoms with Gasteiger partial charge in [-0.15, -0.1) is 0 Å². The second-order valence-corrected chi connectivity index (χ2v) is 9.18. The highest BCUT2D eigenvalue weighted by Gasteiger charge is 2.19. The number of nitrogens with zero attached hydrogens (tertiary/aromatic N) is 2. The Hall–Kier alpha value is -3.12. The van der Waals surface area contributed by atoms with Crippen LogP contribution in [0.25, 0.3) is 11.0 Å². The van der Waals surface area contributed by atoms with Crippen LogP contribution in [0.2, 0.25) is 0 Å². The fourth-order valence-corrected chi connectivity index (χ4v) is 4.09. The van der Waals surface area contributed by atoms with Crippen LogP contribution in [-0.4, -0.2) is 22.1 Å². The first-order valence-electron chi connectivity index (χ1n) is 11.1. The zero-order valence-corrected chi connectivity index (χ0v) is 20.7. The fraction of sp³-hybridized carbons (Fsp3) is 0.259. The van der Waals surface area contributed by atoms with Crippen LogP contribution < -0.4 is 10.1 Å². The summed E-state index contributed by atoms with van der Waals surface area (Å²) in [5, 5.41) is 3.09. The van der Waals surface area contributed by atoms with Gasteiger partial charge in [-0.05, 0) is 86.8 Å². The molecular weight excluding hydrogens is 478 g/mol. The first kappa shape index (κ1) is 23.1. The number of ether oxygens (including phenoxy) is 1. The highest BCUT2D eigenvalue weighted by molar-refractivity contribution is 9.10. The molecule has 4 rings (SSSR count). The molecule has 1 aromatic heterocycles. The summed E-state index contributed by atoms with van der Waals surface area (Å²) in [4.78, 5) is 17.6. The maximum atomic E-state index is 12.8. The van der Waals surface area contributed by atoms with E-state index in [2.05, 4.69) is 57.9 Å². The lowest BCUT2D eigenvalue weighted by Crippen LogP contribution is -2.28. The zero-order chi connectivity index (χ0) is 23.4. The van der Waals surface area contributed by atoms with Gasteiger partial charge in [0.15, 0.2) is 0 Å². The van der Waals surface area contributed by atoms with E-state index in [1.54, 1.807) is 12.1 Å². The standard InChI is InChI=1S/C27H28BrN3O2/c1-18-9-14-23(17-19(18)2)33-16-6-15-31-25-8-5-4-7-24(25)30-26(31)20(3)29-27(32)21-10-12-22(28)13-11-21/h4-5,7-14,17,20H,6,15-16H2,1-3H3,(H,29,32). The first-order chi connectivity index (χ1) is 15.9. The van der Waals surface area contributed by atoms with Gasteiger partial charge in [0.25, 0.3) is 5.91 Å². The zero-order valence-electron chi connectivity index (χ0n) is 19.1. The summed E-state index contributed by atoms with van der Waals surface area (Å²) >= 11 is 3.41. The van der Waals surface area contributed by atoms with Crippen LogP contribution in [0, 0.1) is 13.8 Å². The molecule has 0 saturated carbocycles. The molecule has 4 aromatic rings. The third-order valence-electron chi connectivity index (χ3n) is 5.80. The third kappa shape index (κ3) is 5.45. The topological polar surface area (TPSA) is 56.1 Å². The smallest absolute Gasteiger partial charge is 0.251 e. The van der Waals surface area contributed by atoms with Gasteiger partial charge in [0.2, 0.25) is 0 Å². The molecule has 1 heterocycles. The number of benzene rings is 3. The van der Waals surface area contributed by atoms with Gasteiger partial charge in [0.1, 0.15) is 11.6 Å². The molecule has 1 atom stereocenters. The van der Waals surface area contributed by atoms with E-state index in [1.165, 1.54) is 11.1 Å². The molecule has 3 aromatic carbocycles. The van der Waals surface area contributed by atoms with Crippen molar-refractivity contribution in [2.24, 2.45) is 0 Å². The van der Waals surface area contributed by atoms with Gasteiger partial charge >= 0.3 is 0 Å². The van der Waals surface area contributed by atoms with E-state index in [4.69, 9.17) is 9.72 Å². The number of hydrogen-bond acceptors (Lipinski definition) is 3. The monoisotopic (exact) mass is 505 g/mol. The van der Waals surface area contributed by atoms with Gasteiger partial charge in [-0.3, -0.25) is 4.79 Å². The molecular formula is C27H28BrN3O2. The average molecular weight is 506 g/mol. The SMILES string of the molecule is Cc1ccc(OCCCn2c(C(C)NC(=O)c3ccc(Br)cc3)nc3ccccc32)cc1C. The number of aromatic nitrogens is 2. The minimum absolute atomic E-state index is 0.119. The van der Waals surface area contributed by atoms with Gasteiger partial charge in [0.05, 0.1) is 23.7 Å². The maximum Gasteiger partial charge on any atom is 0.251 e. The van der Waals surface area contributed by atoms with Crippen LogP contribution in [-0.2, 0) is 6.54 Å². The molecule has 0 aliphatic heterocycles. The van der Waals surface area contributed by atoms with Crippen LogP contribution >= 0.6 is 15.9 Å². The Bertz CT molecular complexity index is 1260. The molecule has 0 saturated heterocycles. The molecule has 170 valence electrons. The third-order valence-corrected chi connectivity index (χ3v) is 6.33. The summed E-state index contributed by atoms with van der Waals surface area (Å²) in [6.07, 6.45) is 0.827. The molecule has 0 aliphatic carbocycles. The van der Waals surface area contributed by atoms with Gasteiger partial charge < -0.3 is 14.6 Å². The van der Waals surface area contributed by atoms with Gasteiger partial charge in [0, 0.05) is 16.6 Å². The van der Waals surface area contributed by atoms with Crippen molar-refractivity contribution in [1.82, 2.24) is 14.9 Å². The Morgan fingerprint density at radius 2 is 1.82 bits per heavy atom. The molecule has 0 aliphatic rings. The second-order valence-electron chi connectivity index (χ2n) is 8.26. The highest BCUT2D eigenvalue weighted by Crippen LogP contribution is 2.22. The maximum absolute atomic E-state index is 12.8. The van der Waals surface area contributed by atoms with E-state index in [0.717, 1.165) is 40.0 Å². The number of aryl methyl sites for hydroxylation is 3. The Morgan fingerprint density at radius 1 is 1.06 bits per heavy atom. The lowest BCUT2D eigenvalue weighted by atomic mass is 10.1. The van der Waals surface area contributed by atoms with Crippen molar-refractivity contribution in [3.05, 3.63) is 93.7 Å². The molecule has 33 heavy (non-hydrogen) atoms. The molecule has 0 spiro atoms. The van der Waals surface area contributed by atoms with Gasteiger partial charge in [-0.2, -0.15) is 0 Å². The Kier molecular flexibility index (Phi) is 7.14. The molecule has 0 fully saturated rings. The number of para-hydroxylation sites is 2. The lowest BCUT2D eigenvalue weighted by Gasteiger charge is -2.17. The minimum Gasteiger partial charge on any atom is -0.494 e. The number of fused-ring (bicyclic) bond motifs is 1. The molecule has 1 unspecified atom stereocenters. The molecule has 1 amide bonds. The van der Waals surface area contributed by atoms with Crippen molar-refractivity contribution >= 4 is 32.9 Å². The number of imidazole rings is 1. The average Bonchev–Trinajstić information content (AvgIpc) is 3.18. The van der Waals surface area contributed by atoms with Crippen LogP contribution in [0.3, 0.4) is 0 Å². The predicted molar refractivity (Wildman–Crippen MR) is 136 cm³/mol. The minimum atomic E-state index is -0.241. The molecule has 1 N–H and O–H groups in total. The quantitative estimate of drug-likeness (QED) is 0.283. The molecule has 6 heteroatoms. The second kappa shape index (κ2) is 10.2. The largest absolute Gasteiger partial charge is 0.494 e. The van der Waals surface area contributed by atoms with Crippen LogP contribution in [0.1, 0.15) is 46.7 Å². The van der Waals surface area contributed by atoms with E-state index in [9.17, 15) is 4.79 Å². The van der Waals surface area contributed by atoms with E-state index in [1.807, 2.05) is 43.3 Å². The van der Waals surface area contributed by atoms with E-state index < -0.39 is 0 Å². The van der Waals surface area contributed by atoms with Crippen molar-refractivity contribution in [3.63, 3.8) is 0 Å². The first-order valence-corrected chi connectivity index (χ1v) is 11.9. The van der Waals surface area contributed by atoms with Crippen LogP contribution in [0.5, 0.6) is 5.75 Å². The van der Waals surface area contributed by atoms with Crippen molar-refractivity contribution in [2.45, 2.75) is 39.8 Å². The number of amides is 1. The summed E-state index contributed by atoms with van der Waals surface area (Å²) in [7, 11) is 0. The van der Waals surface area contributed by atoms with E-state index >= 15 is 0 Å². The summed E-state index contributed by atoms with van der Waals surface area (Å²) < 4.78 is 9.10. The van der Waals surface area contributed by atoms with E-state index in [-0.39, 0.29) is 11.9 Å². The number of carbonyl (C=O) groups is 1. The highest BCUT2D eigenvalue weighted by atomic mass is 79.9. The van der Waals surface area contributed by atoms with Crippen LogP contribution in [0.15, 0.2) is 71.2 Å². The number of carbonyl (C=O) groups excluding carboxylic acids is 1. The van der Waals surface area contributed by atoms with Crippen molar-refractivity contribution in [3.8, 4) is 5.75 Å². The Balaban J connectivity index is 1.47. The van der Waals surface area contributed by atoms with Gasteiger partial charge in [-0.1, -0.05) is 34.1 Å². The van der Waals surface area contributed by atoms with Crippen molar-refractivity contribution in [1.29, 1.82) is 0 Å². The number of nitrogens with one attached hydrogen (secondary N) is 1. The summed E-state index contributed by atoms with van der Waals surface area (Å²) in [5.74, 6) is 1.61. The number of hydrogen-bond donors (Lipinski definition) is 1. The lowest BCUT2D eigenvalue weighted by molar-refractivity contribution is 0.0937. The van der Waals surface area contributed by atoms with Crippen LogP contribution in [0.4, 0.5) is 0 Å². The van der Waals surface area contributed by atoms with Crippen molar-refractivity contribution < 1.29 is 9.53 Å². The number of rotatable bonds is 8. The summed E-state index contributed by atoms with van der Waals surface area (Å²) in [6, 6.07) is 21.3. The normalized spacial score (nSPS) is 12.0. The van der Waals surface area contributed by atoms with Gasteiger partial charge in [-0.25, -0.2) is 4.98 Å². The molecule has 5 nitrogen and oxygen atoms in total. The van der Waals surface area contributed by atoms with Crippen molar-refractivity contribution in [2.75, 3.05) is 6.61 Å². The fourth-order valence-electron chi connectivity index (χ4n) is 3.82. The Morgan fingerprint density at radius 3 is 2.58 bits per heavy atom. The predicted octanol–water partition coefficient (Wildman–Crippen LogP) is 6.38. The molecule has 0 radical (unpaired) electrons. The molecule has 0 bridgehead atoms. The number of halogens is 1. The Labute approximate surface area is 202 Å². The summed E-state index contributed by atoms with van der Waals surface area (Å²) in [5.41, 5.74) is 5.09. The summed E-state index contributed by atoms with van der Waals surface area (Å²) in [6.45, 7) is 7.52.